The first-order valence-corrected chi connectivity index (χ1v) is 10.4. The van der Waals surface area contributed by atoms with Crippen molar-refractivity contribution in [3.63, 3.8) is 0 Å². The summed E-state index contributed by atoms with van der Waals surface area (Å²) in [5.74, 6) is 1.60. The highest BCUT2D eigenvalue weighted by atomic mass is 32.1. The molecule has 1 aromatic heterocycles. The van der Waals surface area contributed by atoms with Crippen molar-refractivity contribution in [2.24, 2.45) is 0 Å². The monoisotopic (exact) mass is 401 g/mol. The molecule has 2 fully saturated rings. The second-order valence-corrected chi connectivity index (χ2v) is 7.98. The van der Waals surface area contributed by atoms with E-state index in [9.17, 15) is 4.79 Å². The topological polar surface area (TPSA) is 75.2 Å². The highest BCUT2D eigenvalue weighted by Crippen LogP contribution is 2.29. The van der Waals surface area contributed by atoms with Gasteiger partial charge in [-0.25, -0.2) is 0 Å². The minimum Gasteiger partial charge on any atom is -0.497 e. The van der Waals surface area contributed by atoms with E-state index in [0.717, 1.165) is 49.1 Å². The number of methoxy groups -OCH3 is 1. The maximum atomic E-state index is 12.5. The third-order valence-electron chi connectivity index (χ3n) is 5.63. The molecule has 1 saturated carbocycles. The highest BCUT2D eigenvalue weighted by molar-refractivity contribution is 7.71. The van der Waals surface area contributed by atoms with Gasteiger partial charge in [-0.15, -0.1) is 0 Å². The molecule has 0 radical (unpaired) electrons. The molecule has 2 aliphatic rings. The normalized spacial score (nSPS) is 18.2. The molecule has 1 aromatic carbocycles. The first kappa shape index (κ1) is 19.1. The van der Waals surface area contributed by atoms with Crippen molar-refractivity contribution in [3.05, 3.63) is 29.0 Å². The van der Waals surface area contributed by atoms with E-state index in [2.05, 4.69) is 20.4 Å². The van der Waals surface area contributed by atoms with Gasteiger partial charge in [0.25, 0.3) is 0 Å². The Hall–Kier alpha value is -2.19. The van der Waals surface area contributed by atoms with Crippen molar-refractivity contribution in [2.45, 2.75) is 50.7 Å². The van der Waals surface area contributed by atoms with Gasteiger partial charge >= 0.3 is 0 Å². The van der Waals surface area contributed by atoms with Gasteiger partial charge in [0.05, 0.1) is 7.11 Å². The molecular formula is C20H27N5O2S. The zero-order valence-electron chi connectivity index (χ0n) is 16.2. The van der Waals surface area contributed by atoms with E-state index in [1.807, 2.05) is 28.8 Å². The van der Waals surface area contributed by atoms with E-state index < -0.39 is 0 Å². The van der Waals surface area contributed by atoms with E-state index in [-0.39, 0.29) is 5.91 Å². The Morgan fingerprint density at radius 2 is 1.96 bits per heavy atom. The third kappa shape index (κ3) is 4.44. The molecule has 1 aliphatic carbocycles. The first-order valence-electron chi connectivity index (χ1n) is 9.97. The largest absolute Gasteiger partial charge is 0.497 e. The molecule has 0 atom stereocenters. The van der Waals surface area contributed by atoms with Crippen LogP contribution in [-0.2, 0) is 11.3 Å². The number of aromatic nitrogens is 3. The minimum absolute atomic E-state index is 0.0775. The van der Waals surface area contributed by atoms with Crippen LogP contribution in [0.2, 0.25) is 0 Å². The maximum Gasteiger partial charge on any atom is 0.222 e. The molecule has 1 saturated heterocycles. The van der Waals surface area contributed by atoms with Crippen LogP contribution in [-0.4, -0.2) is 57.9 Å². The summed E-state index contributed by atoms with van der Waals surface area (Å²) in [6.07, 6.45) is 5.17. The Kier molecular flexibility index (Phi) is 5.77. The molecule has 2 heterocycles. The van der Waals surface area contributed by atoms with Crippen molar-refractivity contribution in [1.82, 2.24) is 25.0 Å². The Balaban J connectivity index is 1.32. The van der Waals surface area contributed by atoms with E-state index in [0.29, 0.717) is 23.8 Å². The van der Waals surface area contributed by atoms with Gasteiger partial charge in [0.1, 0.15) is 5.75 Å². The van der Waals surface area contributed by atoms with E-state index in [1.54, 1.807) is 7.11 Å². The summed E-state index contributed by atoms with van der Waals surface area (Å²) in [7, 11) is 1.64. The molecule has 2 aromatic rings. The second-order valence-electron chi connectivity index (χ2n) is 7.59. The lowest BCUT2D eigenvalue weighted by Crippen LogP contribution is -2.45. The predicted octanol–water partition coefficient (Wildman–Crippen LogP) is 2.75. The number of piperidine rings is 1. The summed E-state index contributed by atoms with van der Waals surface area (Å²) in [6, 6.07) is 8.76. The van der Waals surface area contributed by atoms with Crippen molar-refractivity contribution >= 4 is 18.1 Å². The highest BCUT2D eigenvalue weighted by Gasteiger charge is 2.32. The SMILES string of the molecule is COc1ccc(-c2n[nH]c(=S)n2CCC(=O)NC2CCN(C3CC3)CC2)cc1. The van der Waals surface area contributed by atoms with Crippen LogP contribution in [0.25, 0.3) is 11.4 Å². The van der Waals surface area contributed by atoms with Crippen LogP contribution < -0.4 is 10.1 Å². The quantitative estimate of drug-likeness (QED) is 0.698. The van der Waals surface area contributed by atoms with Crippen LogP contribution in [0.15, 0.2) is 24.3 Å². The van der Waals surface area contributed by atoms with Crippen LogP contribution in [0, 0.1) is 4.77 Å². The summed E-state index contributed by atoms with van der Waals surface area (Å²) in [5.41, 5.74) is 0.931. The zero-order valence-corrected chi connectivity index (χ0v) is 17.0. The molecular weight excluding hydrogens is 374 g/mol. The number of rotatable bonds is 7. The smallest absolute Gasteiger partial charge is 0.222 e. The number of carbonyl (C=O) groups excluding carboxylic acids is 1. The molecule has 8 heteroatoms. The van der Waals surface area contributed by atoms with Crippen molar-refractivity contribution in [3.8, 4) is 17.1 Å². The maximum absolute atomic E-state index is 12.5. The zero-order chi connectivity index (χ0) is 19.5. The van der Waals surface area contributed by atoms with Crippen LogP contribution in [0.3, 0.4) is 0 Å². The van der Waals surface area contributed by atoms with Crippen LogP contribution in [0.4, 0.5) is 0 Å². The second kappa shape index (κ2) is 8.45. The molecule has 7 nitrogen and oxygen atoms in total. The van der Waals surface area contributed by atoms with Crippen molar-refractivity contribution < 1.29 is 9.53 Å². The van der Waals surface area contributed by atoms with Gasteiger partial charge in [0.2, 0.25) is 5.91 Å². The molecule has 4 rings (SSSR count). The number of nitrogens with one attached hydrogen (secondary N) is 2. The lowest BCUT2D eigenvalue weighted by Gasteiger charge is -2.32. The number of H-pyrrole nitrogens is 1. The summed E-state index contributed by atoms with van der Waals surface area (Å²) in [6.45, 7) is 2.71. The summed E-state index contributed by atoms with van der Waals surface area (Å²) in [4.78, 5) is 15.0. The Bertz CT molecular complexity index is 863. The number of likely N-dealkylation sites (tertiary alicyclic amines) is 1. The van der Waals surface area contributed by atoms with Gasteiger partial charge in [-0.05, 0) is 62.2 Å². The molecule has 1 aliphatic heterocycles. The molecule has 0 bridgehead atoms. The fourth-order valence-electron chi connectivity index (χ4n) is 3.85. The molecule has 2 N–H and O–H groups in total. The fourth-order valence-corrected chi connectivity index (χ4v) is 4.07. The molecule has 0 unspecified atom stereocenters. The average Bonchev–Trinajstić information content (AvgIpc) is 3.50. The molecule has 150 valence electrons. The van der Waals surface area contributed by atoms with Crippen LogP contribution >= 0.6 is 12.2 Å². The number of ether oxygens (including phenoxy) is 1. The van der Waals surface area contributed by atoms with Crippen LogP contribution in [0.5, 0.6) is 5.75 Å². The van der Waals surface area contributed by atoms with Gasteiger partial charge in [-0.3, -0.25) is 14.5 Å². The molecule has 28 heavy (non-hydrogen) atoms. The number of nitrogens with zero attached hydrogens (tertiary/aromatic N) is 3. The standard InChI is InChI=1S/C20H27N5O2S/c1-27-17-6-2-14(3-7-17)19-22-23-20(28)25(19)13-10-18(26)21-15-8-11-24(12-9-15)16-4-5-16/h2-3,6-7,15-16H,4-5,8-13H2,1H3,(H,21,26)(H,23,28). The number of hydrogen-bond donors (Lipinski definition) is 2. The van der Waals surface area contributed by atoms with Crippen molar-refractivity contribution in [2.75, 3.05) is 20.2 Å². The number of benzene rings is 1. The number of aromatic amines is 1. The minimum atomic E-state index is 0.0775. The molecule has 1 amide bonds. The van der Waals surface area contributed by atoms with E-state index in [4.69, 9.17) is 17.0 Å². The predicted molar refractivity (Wildman–Crippen MR) is 110 cm³/mol. The first-order chi connectivity index (χ1) is 13.6. The van der Waals surface area contributed by atoms with Gasteiger partial charge in [0.15, 0.2) is 10.6 Å². The number of carbonyl (C=O) groups is 1. The van der Waals surface area contributed by atoms with E-state index in [1.165, 1.54) is 12.8 Å². The third-order valence-corrected chi connectivity index (χ3v) is 5.94. The number of hydrogen-bond acceptors (Lipinski definition) is 5. The van der Waals surface area contributed by atoms with Crippen LogP contribution in [0.1, 0.15) is 32.1 Å². The Morgan fingerprint density at radius 1 is 1.25 bits per heavy atom. The Labute approximate surface area is 170 Å². The summed E-state index contributed by atoms with van der Waals surface area (Å²) < 4.78 is 7.61. The lowest BCUT2D eigenvalue weighted by atomic mass is 10.0. The van der Waals surface area contributed by atoms with Gasteiger partial charge in [0, 0.05) is 43.7 Å². The van der Waals surface area contributed by atoms with Crippen molar-refractivity contribution in [1.29, 1.82) is 0 Å². The van der Waals surface area contributed by atoms with E-state index >= 15 is 0 Å². The number of amides is 1. The van der Waals surface area contributed by atoms with Gasteiger partial charge in [-0.1, -0.05) is 0 Å². The Morgan fingerprint density at radius 3 is 2.61 bits per heavy atom. The van der Waals surface area contributed by atoms with Gasteiger partial charge < -0.3 is 15.0 Å². The van der Waals surface area contributed by atoms with Gasteiger partial charge in [-0.2, -0.15) is 5.10 Å². The average molecular weight is 402 g/mol. The summed E-state index contributed by atoms with van der Waals surface area (Å²) in [5, 5.41) is 10.4. The lowest BCUT2D eigenvalue weighted by molar-refractivity contribution is -0.122. The fraction of sp³-hybridized carbons (Fsp3) is 0.550. The summed E-state index contributed by atoms with van der Waals surface area (Å²) >= 11 is 5.36. The molecule has 0 spiro atoms.